The van der Waals surface area contributed by atoms with Crippen molar-refractivity contribution < 1.29 is 8.97 Å². The number of fused-ring (bicyclic) bond motifs is 1. The van der Waals surface area contributed by atoms with Crippen LogP contribution in [0.5, 0.6) is 0 Å². The second-order valence-electron chi connectivity index (χ2n) is 4.97. The summed E-state index contributed by atoms with van der Waals surface area (Å²) in [6.07, 6.45) is 0.499. The molecule has 1 N–H and O–H groups in total. The highest BCUT2D eigenvalue weighted by atomic mass is 32.2. The molecule has 0 aliphatic heterocycles. The molecule has 0 amide bonds. The third-order valence-corrected chi connectivity index (χ3v) is 4.63. The Balaban J connectivity index is 2.06. The van der Waals surface area contributed by atoms with Crippen molar-refractivity contribution in [2.75, 3.05) is 0 Å². The predicted octanol–water partition coefficient (Wildman–Crippen LogP) is 1.75. The second kappa shape index (κ2) is 6.39. The van der Waals surface area contributed by atoms with Crippen LogP contribution in [-0.2, 0) is 23.3 Å². The molecule has 1 atom stereocenters. The van der Waals surface area contributed by atoms with Gasteiger partial charge in [-0.2, -0.15) is 0 Å². The summed E-state index contributed by atoms with van der Waals surface area (Å²) < 4.78 is 17.4. The van der Waals surface area contributed by atoms with Gasteiger partial charge in [-0.05, 0) is 12.0 Å². The molecule has 0 aliphatic rings. The summed E-state index contributed by atoms with van der Waals surface area (Å²) in [5.41, 5.74) is 0.316. The van der Waals surface area contributed by atoms with Crippen LogP contribution in [0.3, 0.4) is 0 Å². The standard InChI is InChI=1S/C16H14N2O4S/c1-2-11-8-12(19)22-15-13(11)14(20)17-16(18-15)23(21)9-10-6-4-3-5-7-10/h3-8H,2,9H2,1H3,(H,17,18,20). The van der Waals surface area contributed by atoms with Gasteiger partial charge in [-0.25, -0.2) is 4.79 Å². The predicted molar refractivity (Wildman–Crippen MR) is 86.8 cm³/mol. The molecule has 0 radical (unpaired) electrons. The quantitative estimate of drug-likeness (QED) is 0.580. The number of hydrogen-bond acceptors (Lipinski definition) is 5. The lowest BCUT2D eigenvalue weighted by Gasteiger charge is -2.09. The maximum Gasteiger partial charge on any atom is 0.337 e. The fourth-order valence-corrected chi connectivity index (χ4v) is 3.33. The van der Waals surface area contributed by atoms with Gasteiger partial charge in [-0.1, -0.05) is 37.3 Å². The van der Waals surface area contributed by atoms with E-state index in [1.54, 1.807) is 0 Å². The Morgan fingerprint density at radius 2 is 2.00 bits per heavy atom. The molecule has 0 spiro atoms. The Bertz CT molecular complexity index is 950. The van der Waals surface area contributed by atoms with Crippen molar-refractivity contribution in [1.82, 2.24) is 9.97 Å². The minimum absolute atomic E-state index is 0.00255. The van der Waals surface area contributed by atoms with E-state index in [0.717, 1.165) is 5.56 Å². The summed E-state index contributed by atoms with van der Waals surface area (Å²) >= 11 is -1.54. The van der Waals surface area contributed by atoms with Gasteiger partial charge in [0.15, 0.2) is 0 Å². The molecule has 0 bridgehead atoms. The van der Waals surface area contributed by atoms with Gasteiger partial charge in [-0.3, -0.25) is 9.78 Å². The van der Waals surface area contributed by atoms with Crippen LogP contribution >= 0.6 is 0 Å². The van der Waals surface area contributed by atoms with E-state index in [1.165, 1.54) is 6.07 Å². The van der Waals surface area contributed by atoms with Crippen molar-refractivity contribution in [3.63, 3.8) is 0 Å². The van der Waals surface area contributed by atoms with E-state index >= 15 is 0 Å². The Morgan fingerprint density at radius 1 is 1.26 bits per heavy atom. The van der Waals surface area contributed by atoms with Crippen molar-refractivity contribution in [1.29, 1.82) is 0 Å². The Morgan fingerprint density at radius 3 is 2.70 bits per heavy atom. The number of nitrogens with zero attached hydrogens (tertiary/aromatic N) is 1. The van der Waals surface area contributed by atoms with Gasteiger partial charge >= 0.3 is 10.8 Å². The van der Waals surface area contributed by atoms with E-state index in [1.807, 2.05) is 37.3 Å². The second-order valence-corrected chi connectivity index (χ2v) is 6.34. The fraction of sp³-hybridized carbons (Fsp3) is 0.188. The summed E-state index contributed by atoms with van der Waals surface area (Å²) in [6.45, 7) is 1.83. The summed E-state index contributed by atoms with van der Waals surface area (Å²) in [5, 5.41) is 0.232. The molecule has 1 unspecified atom stereocenters. The molecule has 0 aliphatic carbocycles. The molecule has 23 heavy (non-hydrogen) atoms. The minimum Gasteiger partial charge on any atom is -0.609 e. The SMILES string of the molecule is CCc1cc(=O)oc2nc([S+]([O-])Cc3ccccc3)[nH]c(=O)c12. The van der Waals surface area contributed by atoms with Crippen molar-refractivity contribution in [3.05, 3.63) is 68.3 Å². The van der Waals surface area contributed by atoms with Gasteiger partial charge in [0.05, 0.1) is 0 Å². The first-order valence-corrected chi connectivity index (χ1v) is 8.39. The first-order chi connectivity index (χ1) is 11.1. The highest BCUT2D eigenvalue weighted by Crippen LogP contribution is 2.16. The van der Waals surface area contributed by atoms with Gasteiger partial charge in [0.1, 0.15) is 11.1 Å². The minimum atomic E-state index is -1.54. The van der Waals surface area contributed by atoms with Crippen LogP contribution in [0.15, 0.2) is 55.6 Å². The zero-order valence-corrected chi connectivity index (χ0v) is 13.2. The highest BCUT2D eigenvalue weighted by molar-refractivity contribution is 7.90. The number of aryl methyl sites for hydroxylation is 1. The largest absolute Gasteiger partial charge is 0.609 e. The third-order valence-electron chi connectivity index (χ3n) is 3.41. The van der Waals surface area contributed by atoms with Crippen molar-refractivity contribution in [2.24, 2.45) is 0 Å². The maximum absolute atomic E-state index is 12.4. The molecule has 0 fully saturated rings. The van der Waals surface area contributed by atoms with E-state index < -0.39 is 22.4 Å². The van der Waals surface area contributed by atoms with E-state index in [-0.39, 0.29) is 22.0 Å². The van der Waals surface area contributed by atoms with E-state index in [0.29, 0.717) is 12.0 Å². The number of nitrogens with one attached hydrogen (secondary N) is 1. The Hall–Kier alpha value is -2.38. The zero-order chi connectivity index (χ0) is 16.4. The van der Waals surface area contributed by atoms with Gasteiger partial charge in [0, 0.05) is 22.8 Å². The molecule has 3 aromatic rings. The highest BCUT2D eigenvalue weighted by Gasteiger charge is 2.19. The van der Waals surface area contributed by atoms with E-state index in [2.05, 4.69) is 9.97 Å². The number of rotatable bonds is 4. The van der Waals surface area contributed by atoms with Crippen molar-refractivity contribution >= 4 is 22.3 Å². The molecule has 3 rings (SSSR count). The molecule has 6 nitrogen and oxygen atoms in total. The lowest BCUT2D eigenvalue weighted by atomic mass is 10.1. The number of aromatic amines is 1. The smallest absolute Gasteiger partial charge is 0.337 e. The van der Waals surface area contributed by atoms with Crippen LogP contribution < -0.4 is 11.2 Å². The zero-order valence-electron chi connectivity index (χ0n) is 12.4. The summed E-state index contributed by atoms with van der Waals surface area (Å²) in [7, 11) is 0. The maximum atomic E-state index is 12.4. The topological polar surface area (TPSA) is 99.0 Å². The van der Waals surface area contributed by atoms with Crippen LogP contribution in [0.2, 0.25) is 0 Å². The Labute approximate surface area is 134 Å². The Kier molecular flexibility index (Phi) is 4.31. The number of H-pyrrole nitrogens is 1. The molecule has 2 aromatic heterocycles. The van der Waals surface area contributed by atoms with Crippen molar-refractivity contribution in [3.8, 4) is 0 Å². The molecular weight excluding hydrogens is 316 g/mol. The summed E-state index contributed by atoms with van der Waals surface area (Å²) in [4.78, 5) is 30.4. The normalized spacial score (nSPS) is 12.4. The van der Waals surface area contributed by atoms with Crippen LogP contribution in [0.1, 0.15) is 18.1 Å². The average molecular weight is 330 g/mol. The van der Waals surface area contributed by atoms with Gasteiger partial charge < -0.3 is 8.97 Å². The van der Waals surface area contributed by atoms with E-state index in [4.69, 9.17) is 4.42 Å². The average Bonchev–Trinajstić information content (AvgIpc) is 2.54. The van der Waals surface area contributed by atoms with Crippen LogP contribution in [0.4, 0.5) is 0 Å². The molecule has 118 valence electrons. The first-order valence-electron chi connectivity index (χ1n) is 7.08. The van der Waals surface area contributed by atoms with Crippen LogP contribution in [0, 0.1) is 0 Å². The molecule has 7 heteroatoms. The first kappa shape index (κ1) is 15.5. The molecule has 0 saturated carbocycles. The van der Waals surface area contributed by atoms with Gasteiger partial charge in [0.25, 0.3) is 5.56 Å². The molecular formula is C16H14N2O4S. The molecule has 1 aromatic carbocycles. The van der Waals surface area contributed by atoms with Crippen molar-refractivity contribution in [2.45, 2.75) is 24.3 Å². The summed E-state index contributed by atoms with van der Waals surface area (Å²) in [5.74, 6) is 0.215. The van der Waals surface area contributed by atoms with Gasteiger partial charge in [-0.15, -0.1) is 4.98 Å². The molecule has 2 heterocycles. The molecule has 0 saturated heterocycles. The summed E-state index contributed by atoms with van der Waals surface area (Å²) in [6, 6.07) is 10.5. The third kappa shape index (κ3) is 3.20. The van der Waals surface area contributed by atoms with Gasteiger partial charge in [0.2, 0.25) is 5.71 Å². The number of hydrogen-bond donors (Lipinski definition) is 1. The lowest BCUT2D eigenvalue weighted by Crippen LogP contribution is -2.19. The monoisotopic (exact) mass is 330 g/mol. The number of aromatic nitrogens is 2. The van der Waals surface area contributed by atoms with Crippen LogP contribution in [-0.4, -0.2) is 14.5 Å². The fourth-order valence-electron chi connectivity index (χ4n) is 2.31. The van der Waals surface area contributed by atoms with Crippen LogP contribution in [0.25, 0.3) is 11.1 Å². The lowest BCUT2D eigenvalue weighted by molar-refractivity contribution is 0.536. The van der Waals surface area contributed by atoms with E-state index in [9.17, 15) is 14.1 Å². The number of benzene rings is 1.